The normalized spacial score (nSPS) is 16.7. The highest BCUT2D eigenvalue weighted by Crippen LogP contribution is 2.23. The Hall–Kier alpha value is -0.160. The van der Waals surface area contributed by atoms with Gasteiger partial charge in [0.2, 0.25) is 0 Å². The van der Waals surface area contributed by atoms with Gasteiger partial charge in [-0.3, -0.25) is 0 Å². The van der Waals surface area contributed by atoms with Gasteiger partial charge in [0.1, 0.15) is 6.10 Å². The molecule has 0 saturated heterocycles. The van der Waals surface area contributed by atoms with E-state index in [2.05, 4.69) is 0 Å². The summed E-state index contributed by atoms with van der Waals surface area (Å²) in [5.41, 5.74) is 0.0241. The summed E-state index contributed by atoms with van der Waals surface area (Å²) in [5, 5.41) is 26.9. The highest BCUT2D eigenvalue weighted by molar-refractivity contribution is 4.75. The standard InChI is InChI=1S/C10H22O4/c1-10(2,3)6-9(8(13)7-12)14-5-4-11/h8-9,11-13H,4-7H2,1-3H3. The summed E-state index contributed by atoms with van der Waals surface area (Å²) in [6.07, 6.45) is -0.637. The van der Waals surface area contributed by atoms with Gasteiger partial charge >= 0.3 is 0 Å². The zero-order valence-corrected chi connectivity index (χ0v) is 9.23. The summed E-state index contributed by atoms with van der Waals surface area (Å²) in [5.74, 6) is 0. The lowest BCUT2D eigenvalue weighted by Crippen LogP contribution is -2.36. The Bertz CT molecular complexity index is 142. The predicted molar refractivity (Wildman–Crippen MR) is 54.0 cm³/mol. The highest BCUT2D eigenvalue weighted by Gasteiger charge is 2.25. The van der Waals surface area contributed by atoms with Crippen LogP contribution in [0.25, 0.3) is 0 Å². The number of hydrogen-bond donors (Lipinski definition) is 3. The van der Waals surface area contributed by atoms with E-state index in [4.69, 9.17) is 14.9 Å². The zero-order valence-electron chi connectivity index (χ0n) is 9.23. The fourth-order valence-corrected chi connectivity index (χ4v) is 1.23. The minimum absolute atomic E-state index is 0.0241. The molecule has 0 aromatic rings. The van der Waals surface area contributed by atoms with Crippen LogP contribution in [0.15, 0.2) is 0 Å². The molecular formula is C10H22O4. The molecule has 0 rings (SSSR count). The fourth-order valence-electron chi connectivity index (χ4n) is 1.23. The van der Waals surface area contributed by atoms with Crippen LogP contribution in [0, 0.1) is 5.41 Å². The van der Waals surface area contributed by atoms with Gasteiger partial charge in [-0.2, -0.15) is 0 Å². The number of hydrogen-bond acceptors (Lipinski definition) is 4. The molecule has 2 unspecified atom stereocenters. The maximum Gasteiger partial charge on any atom is 0.103 e. The predicted octanol–water partition coefficient (Wildman–Crippen LogP) is 0.153. The minimum Gasteiger partial charge on any atom is -0.394 e. The molecule has 0 aromatic carbocycles. The van der Waals surface area contributed by atoms with Gasteiger partial charge in [-0.15, -0.1) is 0 Å². The molecule has 0 saturated carbocycles. The SMILES string of the molecule is CC(C)(C)CC(OCCO)C(O)CO. The Morgan fingerprint density at radius 2 is 1.79 bits per heavy atom. The second-order valence-electron chi connectivity index (χ2n) is 4.65. The lowest BCUT2D eigenvalue weighted by Gasteiger charge is -2.28. The van der Waals surface area contributed by atoms with Gasteiger partial charge in [0, 0.05) is 0 Å². The monoisotopic (exact) mass is 206 g/mol. The summed E-state index contributed by atoms with van der Waals surface area (Å²) in [4.78, 5) is 0. The van der Waals surface area contributed by atoms with Crippen LogP contribution >= 0.6 is 0 Å². The molecule has 14 heavy (non-hydrogen) atoms. The van der Waals surface area contributed by atoms with E-state index in [-0.39, 0.29) is 25.2 Å². The van der Waals surface area contributed by atoms with E-state index < -0.39 is 12.2 Å². The van der Waals surface area contributed by atoms with E-state index in [0.29, 0.717) is 6.42 Å². The van der Waals surface area contributed by atoms with Crippen molar-refractivity contribution in [1.82, 2.24) is 0 Å². The van der Waals surface area contributed by atoms with Crippen molar-refractivity contribution < 1.29 is 20.1 Å². The topological polar surface area (TPSA) is 69.9 Å². The third-order valence-corrected chi connectivity index (χ3v) is 1.85. The summed E-state index contributed by atoms with van der Waals surface area (Å²) < 4.78 is 5.26. The van der Waals surface area contributed by atoms with E-state index in [1.165, 1.54) is 0 Å². The Morgan fingerprint density at radius 1 is 1.21 bits per heavy atom. The molecule has 0 fully saturated rings. The van der Waals surface area contributed by atoms with E-state index in [1.54, 1.807) is 0 Å². The van der Waals surface area contributed by atoms with Crippen LogP contribution in [0.2, 0.25) is 0 Å². The molecule has 4 nitrogen and oxygen atoms in total. The molecule has 2 atom stereocenters. The average Bonchev–Trinajstić information content (AvgIpc) is 2.09. The van der Waals surface area contributed by atoms with Gasteiger partial charge in [-0.05, 0) is 11.8 Å². The van der Waals surface area contributed by atoms with E-state index in [1.807, 2.05) is 20.8 Å². The van der Waals surface area contributed by atoms with Gasteiger partial charge < -0.3 is 20.1 Å². The molecule has 0 radical (unpaired) electrons. The van der Waals surface area contributed by atoms with Crippen LogP contribution in [0.4, 0.5) is 0 Å². The molecule has 3 N–H and O–H groups in total. The molecule has 0 aromatic heterocycles. The van der Waals surface area contributed by atoms with Crippen LogP contribution in [0.3, 0.4) is 0 Å². The first-order valence-electron chi connectivity index (χ1n) is 4.92. The van der Waals surface area contributed by atoms with Crippen LogP contribution < -0.4 is 0 Å². The largest absolute Gasteiger partial charge is 0.394 e. The first-order chi connectivity index (χ1) is 6.40. The molecular weight excluding hydrogens is 184 g/mol. The van der Waals surface area contributed by atoms with E-state index >= 15 is 0 Å². The third kappa shape index (κ3) is 6.32. The van der Waals surface area contributed by atoms with Crippen molar-refractivity contribution in [3.8, 4) is 0 Å². The van der Waals surface area contributed by atoms with Crippen molar-refractivity contribution in [3.63, 3.8) is 0 Å². The van der Waals surface area contributed by atoms with Crippen LogP contribution in [0.5, 0.6) is 0 Å². The van der Waals surface area contributed by atoms with Crippen molar-refractivity contribution in [3.05, 3.63) is 0 Å². The van der Waals surface area contributed by atoms with Crippen molar-refractivity contribution in [2.75, 3.05) is 19.8 Å². The number of aliphatic hydroxyl groups is 3. The fraction of sp³-hybridized carbons (Fsp3) is 1.00. The van der Waals surface area contributed by atoms with Gasteiger partial charge in [0.25, 0.3) is 0 Å². The van der Waals surface area contributed by atoms with Crippen molar-refractivity contribution in [2.45, 2.75) is 39.4 Å². The van der Waals surface area contributed by atoms with Crippen LogP contribution in [-0.2, 0) is 4.74 Å². The molecule has 0 aliphatic heterocycles. The number of rotatable bonds is 6. The third-order valence-electron chi connectivity index (χ3n) is 1.85. The maximum absolute atomic E-state index is 9.45. The molecule has 86 valence electrons. The zero-order chi connectivity index (χ0) is 11.2. The molecule has 0 spiro atoms. The quantitative estimate of drug-likeness (QED) is 0.579. The molecule has 0 bridgehead atoms. The molecule has 0 amide bonds. The van der Waals surface area contributed by atoms with Crippen molar-refractivity contribution in [1.29, 1.82) is 0 Å². The average molecular weight is 206 g/mol. The lowest BCUT2D eigenvalue weighted by atomic mass is 9.87. The Labute approximate surface area is 85.5 Å². The van der Waals surface area contributed by atoms with Crippen molar-refractivity contribution in [2.24, 2.45) is 5.41 Å². The lowest BCUT2D eigenvalue weighted by molar-refractivity contribution is -0.0801. The first-order valence-corrected chi connectivity index (χ1v) is 4.92. The van der Waals surface area contributed by atoms with Gasteiger partial charge in [-0.1, -0.05) is 20.8 Å². The number of aliphatic hydroxyl groups excluding tert-OH is 3. The summed E-state index contributed by atoms with van der Waals surface area (Å²) in [7, 11) is 0. The second-order valence-corrected chi connectivity index (χ2v) is 4.65. The smallest absolute Gasteiger partial charge is 0.103 e. The van der Waals surface area contributed by atoms with Gasteiger partial charge in [-0.25, -0.2) is 0 Å². The van der Waals surface area contributed by atoms with E-state index in [9.17, 15) is 5.11 Å². The molecule has 0 aliphatic rings. The molecule has 0 heterocycles. The minimum atomic E-state index is -0.874. The maximum atomic E-state index is 9.45. The highest BCUT2D eigenvalue weighted by atomic mass is 16.5. The van der Waals surface area contributed by atoms with Gasteiger partial charge in [0.15, 0.2) is 0 Å². The Kier molecular flexibility index (Phi) is 6.27. The summed E-state index contributed by atoms with van der Waals surface area (Å²) in [6.45, 7) is 5.91. The number of ether oxygens (including phenoxy) is 1. The van der Waals surface area contributed by atoms with Gasteiger partial charge in [0.05, 0.1) is 25.9 Å². The van der Waals surface area contributed by atoms with Crippen LogP contribution in [-0.4, -0.2) is 47.3 Å². The van der Waals surface area contributed by atoms with Crippen LogP contribution in [0.1, 0.15) is 27.2 Å². The molecule has 0 aliphatic carbocycles. The second kappa shape index (κ2) is 6.35. The summed E-state index contributed by atoms with van der Waals surface area (Å²) >= 11 is 0. The molecule has 4 heteroatoms. The summed E-state index contributed by atoms with van der Waals surface area (Å²) in [6, 6.07) is 0. The van der Waals surface area contributed by atoms with Crippen molar-refractivity contribution >= 4 is 0 Å². The Morgan fingerprint density at radius 3 is 2.14 bits per heavy atom. The first kappa shape index (κ1) is 13.8. The Balaban J connectivity index is 4.10. The van der Waals surface area contributed by atoms with E-state index in [0.717, 1.165) is 0 Å².